The van der Waals surface area contributed by atoms with Crippen LogP contribution in [0.25, 0.3) is 28.1 Å². The van der Waals surface area contributed by atoms with Crippen LogP contribution in [0.2, 0.25) is 0 Å². The molecule has 0 bridgehead atoms. The van der Waals surface area contributed by atoms with E-state index >= 15 is 0 Å². The van der Waals surface area contributed by atoms with E-state index in [2.05, 4.69) is 35.4 Å². The van der Waals surface area contributed by atoms with Crippen LogP contribution in [0.4, 0.5) is 0 Å². The van der Waals surface area contributed by atoms with Crippen molar-refractivity contribution in [2.24, 2.45) is 0 Å². The lowest BCUT2D eigenvalue weighted by atomic mass is 10.0. The minimum absolute atomic E-state index is 0.0291. The molecule has 1 aromatic heterocycles. The van der Waals surface area contributed by atoms with Crippen LogP contribution >= 0.6 is 11.9 Å². The van der Waals surface area contributed by atoms with Crippen LogP contribution in [-0.4, -0.2) is 35.3 Å². The van der Waals surface area contributed by atoms with Crippen LogP contribution in [0.5, 0.6) is 0 Å². The van der Waals surface area contributed by atoms with E-state index in [-0.39, 0.29) is 5.43 Å². The molecule has 0 unspecified atom stereocenters. The first-order chi connectivity index (χ1) is 15.6. The van der Waals surface area contributed by atoms with Crippen molar-refractivity contribution >= 4 is 28.9 Å². The van der Waals surface area contributed by atoms with Gasteiger partial charge in [-0.1, -0.05) is 69.1 Å². The number of aryl methyl sites for hydroxylation is 1. The fourth-order valence-electron chi connectivity index (χ4n) is 3.73. The summed E-state index contributed by atoms with van der Waals surface area (Å²) < 4.78 is 3.41. The predicted molar refractivity (Wildman–Crippen MR) is 140 cm³/mol. The minimum Gasteiger partial charge on any atom is -0.334 e. The topological polar surface area (TPSA) is 45.2 Å². The first kappa shape index (κ1) is 24.0. The highest BCUT2D eigenvalue weighted by Gasteiger charge is 2.09. The molecule has 0 aliphatic rings. The van der Waals surface area contributed by atoms with Crippen molar-refractivity contribution < 1.29 is 0 Å². The van der Waals surface area contributed by atoms with Crippen molar-refractivity contribution in [2.45, 2.75) is 34.1 Å². The summed E-state index contributed by atoms with van der Waals surface area (Å²) in [6, 6.07) is 16.0. The third kappa shape index (κ3) is 5.99. The molecule has 0 aliphatic carbocycles. The second-order valence-electron chi connectivity index (χ2n) is 7.78. The molecule has 3 rings (SSSR count). The first-order valence-electron chi connectivity index (χ1n) is 11.4. The zero-order chi connectivity index (χ0) is 22.9. The molecule has 1 N–H and O–H groups in total. The first-order valence-corrected chi connectivity index (χ1v) is 12.4. The maximum Gasteiger partial charge on any atom is 0.195 e. The summed E-state index contributed by atoms with van der Waals surface area (Å²) in [4.78, 5) is 20.6. The van der Waals surface area contributed by atoms with Gasteiger partial charge in [-0.3, -0.25) is 9.78 Å². The molecule has 0 radical (unpaired) electrons. The van der Waals surface area contributed by atoms with E-state index in [0.717, 1.165) is 65.3 Å². The fraction of sp³-hybridized carbons (Fsp3) is 0.333. The van der Waals surface area contributed by atoms with Gasteiger partial charge in [-0.2, -0.15) is 0 Å². The number of rotatable bonds is 10. The molecule has 0 atom stereocenters. The van der Waals surface area contributed by atoms with Crippen molar-refractivity contribution in [1.82, 2.24) is 14.6 Å². The number of nitrogens with zero attached hydrogens (tertiary/aromatic N) is 2. The van der Waals surface area contributed by atoms with Gasteiger partial charge < -0.3 is 9.62 Å². The molecule has 5 heteroatoms. The second-order valence-corrected chi connectivity index (χ2v) is 8.68. The molecule has 0 amide bonds. The average Bonchev–Trinajstić information content (AvgIpc) is 2.96. The zero-order valence-electron chi connectivity index (χ0n) is 19.5. The molecule has 0 saturated heterocycles. The summed E-state index contributed by atoms with van der Waals surface area (Å²) in [5, 5.41) is 0.652. The number of hydrogen-bond acceptors (Lipinski definition) is 5. The van der Waals surface area contributed by atoms with Gasteiger partial charge in [-0.25, -0.2) is 0 Å². The minimum atomic E-state index is 0.0291. The molecule has 0 saturated carbocycles. The number of nitrogens with one attached hydrogen (secondary N) is 1. The third-order valence-corrected chi connectivity index (χ3v) is 6.54. The van der Waals surface area contributed by atoms with E-state index in [1.165, 1.54) is 0 Å². The molecule has 0 spiro atoms. The van der Waals surface area contributed by atoms with E-state index < -0.39 is 0 Å². The number of benzene rings is 1. The van der Waals surface area contributed by atoms with Gasteiger partial charge in [-0.05, 0) is 55.8 Å². The Bertz CT molecular complexity index is 1120. The smallest absolute Gasteiger partial charge is 0.195 e. The van der Waals surface area contributed by atoms with Crippen LogP contribution in [0, 0.1) is 0 Å². The summed E-state index contributed by atoms with van der Waals surface area (Å²) in [5.74, 6) is 0.994. The Morgan fingerprint density at radius 2 is 1.81 bits per heavy atom. The SMILES string of the molecule is CCc1ccc2ncc(-c3ccccc3)cc2c(=O)c1/C=C(\C)NSCCN(CC)CC. The molecular weight excluding hydrogens is 414 g/mol. The lowest BCUT2D eigenvalue weighted by Gasteiger charge is -2.17. The number of fused-ring (bicyclic) bond motifs is 1. The quantitative estimate of drug-likeness (QED) is 0.316. The molecule has 1 heterocycles. The molecule has 168 valence electrons. The van der Waals surface area contributed by atoms with E-state index in [0.29, 0.717) is 5.39 Å². The maximum atomic E-state index is 13.6. The van der Waals surface area contributed by atoms with Crippen LogP contribution in [0.3, 0.4) is 0 Å². The Kier molecular flexibility index (Phi) is 8.89. The van der Waals surface area contributed by atoms with Crippen LogP contribution in [0.1, 0.15) is 38.8 Å². The van der Waals surface area contributed by atoms with Crippen LogP contribution < -0.4 is 10.2 Å². The normalized spacial score (nSPS) is 11.8. The van der Waals surface area contributed by atoms with Gasteiger partial charge >= 0.3 is 0 Å². The largest absolute Gasteiger partial charge is 0.334 e. The average molecular weight is 448 g/mol. The molecule has 0 fully saturated rings. The van der Waals surface area contributed by atoms with Gasteiger partial charge in [0.25, 0.3) is 0 Å². The molecule has 32 heavy (non-hydrogen) atoms. The summed E-state index contributed by atoms with van der Waals surface area (Å²) in [5.41, 5.74) is 5.52. The lowest BCUT2D eigenvalue weighted by Crippen LogP contribution is -2.26. The number of hydrogen-bond donors (Lipinski definition) is 1. The van der Waals surface area contributed by atoms with Crippen molar-refractivity contribution in [3.8, 4) is 11.1 Å². The predicted octanol–water partition coefficient (Wildman–Crippen LogP) is 5.76. The fourth-order valence-corrected chi connectivity index (χ4v) is 4.47. The van der Waals surface area contributed by atoms with E-state index in [1.807, 2.05) is 67.7 Å². The van der Waals surface area contributed by atoms with Crippen molar-refractivity contribution in [3.63, 3.8) is 0 Å². The van der Waals surface area contributed by atoms with Gasteiger partial charge in [0, 0.05) is 40.7 Å². The van der Waals surface area contributed by atoms with Crippen molar-refractivity contribution in [3.05, 3.63) is 81.8 Å². The van der Waals surface area contributed by atoms with Gasteiger partial charge in [-0.15, -0.1) is 0 Å². The van der Waals surface area contributed by atoms with Crippen molar-refractivity contribution in [2.75, 3.05) is 25.4 Å². The Hall–Kier alpha value is -2.63. The number of allylic oxidation sites excluding steroid dienone is 1. The monoisotopic (exact) mass is 447 g/mol. The lowest BCUT2D eigenvalue weighted by molar-refractivity contribution is 0.324. The molecule has 3 aromatic rings. The van der Waals surface area contributed by atoms with Gasteiger partial charge in [0.1, 0.15) is 0 Å². The highest BCUT2D eigenvalue weighted by molar-refractivity contribution is 7.97. The number of pyridine rings is 1. The molecular formula is C27H33N3OS. The summed E-state index contributed by atoms with van der Waals surface area (Å²) >= 11 is 1.69. The van der Waals surface area contributed by atoms with E-state index in [4.69, 9.17) is 0 Å². The van der Waals surface area contributed by atoms with E-state index in [1.54, 1.807) is 11.9 Å². The van der Waals surface area contributed by atoms with Gasteiger partial charge in [0.15, 0.2) is 5.43 Å². The summed E-state index contributed by atoms with van der Waals surface area (Å²) in [6.45, 7) is 11.7. The summed E-state index contributed by atoms with van der Waals surface area (Å²) in [7, 11) is 0. The van der Waals surface area contributed by atoms with Gasteiger partial charge in [0.05, 0.1) is 5.52 Å². The van der Waals surface area contributed by atoms with Crippen LogP contribution in [0.15, 0.2) is 65.2 Å². The highest BCUT2D eigenvalue weighted by atomic mass is 32.2. The standard InChI is InChI=1S/C27H33N3OS/c1-5-21-13-14-26-25(18-23(19-28-26)22-11-9-8-10-12-22)27(31)24(21)17-20(4)29-32-16-15-30(6-2)7-3/h8-14,17-19,29H,5-7,15-16H2,1-4H3/b20-17+. The molecule has 0 aliphatic heterocycles. The summed E-state index contributed by atoms with van der Waals surface area (Å²) in [6.07, 6.45) is 4.62. The van der Waals surface area contributed by atoms with Gasteiger partial charge in [0.2, 0.25) is 0 Å². The Morgan fingerprint density at radius 3 is 2.50 bits per heavy atom. The Balaban J connectivity index is 1.93. The molecule has 2 aromatic carbocycles. The Morgan fingerprint density at radius 1 is 1.06 bits per heavy atom. The van der Waals surface area contributed by atoms with Crippen LogP contribution in [-0.2, 0) is 6.42 Å². The van der Waals surface area contributed by atoms with Crippen molar-refractivity contribution in [1.29, 1.82) is 0 Å². The highest BCUT2D eigenvalue weighted by Crippen LogP contribution is 2.22. The molecule has 4 nitrogen and oxygen atoms in total. The second kappa shape index (κ2) is 11.8. The zero-order valence-corrected chi connectivity index (χ0v) is 20.3. The maximum absolute atomic E-state index is 13.6. The third-order valence-electron chi connectivity index (χ3n) is 5.68. The van der Waals surface area contributed by atoms with E-state index in [9.17, 15) is 4.79 Å². The Labute approximate surface area is 195 Å². The number of aromatic nitrogens is 1.